The Balaban J connectivity index is 2.45. The van der Waals surface area contributed by atoms with Crippen molar-refractivity contribution in [2.24, 2.45) is 5.92 Å². The van der Waals surface area contributed by atoms with E-state index in [1.165, 1.54) is 17.1 Å². The summed E-state index contributed by atoms with van der Waals surface area (Å²) in [5, 5.41) is 3.31. The van der Waals surface area contributed by atoms with E-state index in [0.717, 1.165) is 19.4 Å². The Kier molecular flexibility index (Phi) is 7.43. The number of hydrogen-bond donors (Lipinski definition) is 1. The molecule has 0 atom stereocenters. The summed E-state index contributed by atoms with van der Waals surface area (Å²) in [5.74, 6) is 0.590. The van der Waals surface area contributed by atoms with E-state index in [-0.39, 0.29) is 0 Å². The fraction of sp³-hybridized carbons (Fsp3) is 1.00. The summed E-state index contributed by atoms with van der Waals surface area (Å²) in [4.78, 5) is 0. The van der Waals surface area contributed by atoms with Crippen LogP contribution in [0.15, 0.2) is 0 Å². The van der Waals surface area contributed by atoms with E-state index in [9.17, 15) is 8.42 Å². The van der Waals surface area contributed by atoms with Gasteiger partial charge in [-0.05, 0) is 38.1 Å². The highest BCUT2D eigenvalue weighted by atomic mass is 32.2. The summed E-state index contributed by atoms with van der Waals surface area (Å²) >= 11 is 0. The quantitative estimate of drug-likeness (QED) is 0.591. The van der Waals surface area contributed by atoms with Gasteiger partial charge in [0.2, 0.25) is 0 Å². The highest BCUT2D eigenvalue weighted by molar-refractivity contribution is 7.86. The summed E-state index contributed by atoms with van der Waals surface area (Å²) < 4.78 is 28.3. The highest BCUT2D eigenvalue weighted by Gasteiger charge is 2.32. The Morgan fingerprint density at radius 1 is 1.25 bits per heavy atom. The average molecular weight is 305 g/mol. The molecule has 1 N–H and O–H groups in total. The summed E-state index contributed by atoms with van der Waals surface area (Å²) in [5.41, 5.74) is 0. The van der Waals surface area contributed by atoms with Crippen LogP contribution in [0, 0.1) is 5.92 Å². The second kappa shape index (κ2) is 8.32. The SMILES string of the molecule is CCCN(CC1CC1)S(=O)(=O)N(C)CCCNC(C)C. The van der Waals surface area contributed by atoms with Crippen LogP contribution in [0.3, 0.4) is 0 Å². The van der Waals surface area contributed by atoms with Crippen molar-refractivity contribution in [1.82, 2.24) is 13.9 Å². The topological polar surface area (TPSA) is 52.7 Å². The fourth-order valence-electron chi connectivity index (χ4n) is 2.14. The Hall–Kier alpha value is -0.170. The third-order valence-corrected chi connectivity index (χ3v) is 5.51. The van der Waals surface area contributed by atoms with Gasteiger partial charge in [-0.25, -0.2) is 0 Å². The summed E-state index contributed by atoms with van der Waals surface area (Å²) in [7, 11) is -1.59. The van der Waals surface area contributed by atoms with Crippen molar-refractivity contribution in [1.29, 1.82) is 0 Å². The van der Waals surface area contributed by atoms with Crippen LogP contribution in [0.5, 0.6) is 0 Å². The van der Waals surface area contributed by atoms with E-state index >= 15 is 0 Å². The molecule has 1 rings (SSSR count). The van der Waals surface area contributed by atoms with Gasteiger partial charge in [0.25, 0.3) is 10.2 Å². The smallest absolute Gasteiger partial charge is 0.281 e. The van der Waals surface area contributed by atoms with Crippen molar-refractivity contribution < 1.29 is 8.42 Å². The molecule has 0 heterocycles. The van der Waals surface area contributed by atoms with Gasteiger partial charge in [0.1, 0.15) is 0 Å². The molecule has 0 bridgehead atoms. The van der Waals surface area contributed by atoms with Crippen LogP contribution in [0.2, 0.25) is 0 Å². The molecule has 20 heavy (non-hydrogen) atoms. The third-order valence-electron chi connectivity index (χ3n) is 3.55. The lowest BCUT2D eigenvalue weighted by molar-refractivity contribution is 0.345. The van der Waals surface area contributed by atoms with Crippen molar-refractivity contribution in [2.45, 2.75) is 52.5 Å². The third kappa shape index (κ3) is 6.08. The Bertz CT molecular complexity index is 367. The standard InChI is InChI=1S/C14H31N3O2S/c1-5-10-17(12-14-7-8-14)20(18,19)16(4)11-6-9-15-13(2)3/h13-15H,5-12H2,1-4H3. The first-order chi connectivity index (χ1) is 9.37. The number of hydrogen-bond acceptors (Lipinski definition) is 3. The second-order valence-electron chi connectivity index (χ2n) is 6.09. The first kappa shape index (κ1) is 17.9. The molecule has 0 aromatic rings. The second-order valence-corrected chi connectivity index (χ2v) is 8.13. The average Bonchev–Trinajstić information content (AvgIpc) is 3.17. The van der Waals surface area contributed by atoms with Gasteiger partial charge in [0.05, 0.1) is 0 Å². The largest absolute Gasteiger partial charge is 0.314 e. The Morgan fingerprint density at radius 3 is 2.40 bits per heavy atom. The molecule has 0 unspecified atom stereocenters. The minimum absolute atomic E-state index is 0.448. The molecule has 0 aliphatic heterocycles. The van der Waals surface area contributed by atoms with Gasteiger partial charge in [-0.2, -0.15) is 17.0 Å². The lowest BCUT2D eigenvalue weighted by Crippen LogP contribution is -2.44. The molecule has 1 aliphatic carbocycles. The minimum Gasteiger partial charge on any atom is -0.314 e. The van der Waals surface area contributed by atoms with E-state index in [1.54, 1.807) is 11.4 Å². The lowest BCUT2D eigenvalue weighted by atomic mass is 10.3. The molecule has 1 aliphatic rings. The van der Waals surface area contributed by atoms with E-state index in [1.807, 2.05) is 6.92 Å². The van der Waals surface area contributed by atoms with Crippen LogP contribution < -0.4 is 5.32 Å². The summed E-state index contributed by atoms with van der Waals surface area (Å²) in [6.45, 7) is 8.99. The zero-order valence-electron chi connectivity index (χ0n) is 13.4. The molecule has 0 aromatic carbocycles. The van der Waals surface area contributed by atoms with Gasteiger partial charge in [-0.1, -0.05) is 20.8 Å². The van der Waals surface area contributed by atoms with Gasteiger partial charge >= 0.3 is 0 Å². The molecule has 0 saturated heterocycles. The van der Waals surface area contributed by atoms with Crippen LogP contribution in [0.4, 0.5) is 0 Å². The summed E-state index contributed by atoms with van der Waals surface area (Å²) in [6, 6.07) is 0.448. The van der Waals surface area contributed by atoms with Gasteiger partial charge in [-0.15, -0.1) is 0 Å². The Labute approximate surface area is 124 Å². The van der Waals surface area contributed by atoms with Crippen molar-refractivity contribution >= 4 is 10.2 Å². The zero-order chi connectivity index (χ0) is 15.2. The molecule has 1 saturated carbocycles. The van der Waals surface area contributed by atoms with E-state index in [0.29, 0.717) is 31.6 Å². The molecule has 5 nitrogen and oxygen atoms in total. The maximum atomic E-state index is 12.5. The number of nitrogens with zero attached hydrogens (tertiary/aromatic N) is 2. The maximum absolute atomic E-state index is 12.5. The van der Waals surface area contributed by atoms with Crippen molar-refractivity contribution in [3.8, 4) is 0 Å². The zero-order valence-corrected chi connectivity index (χ0v) is 14.2. The minimum atomic E-state index is -3.28. The van der Waals surface area contributed by atoms with Crippen LogP contribution in [-0.2, 0) is 10.2 Å². The van der Waals surface area contributed by atoms with Gasteiger partial charge in [0, 0.05) is 32.7 Å². The summed E-state index contributed by atoms with van der Waals surface area (Å²) in [6.07, 6.45) is 4.07. The Morgan fingerprint density at radius 2 is 1.90 bits per heavy atom. The molecule has 1 fully saturated rings. The molecule has 0 aromatic heterocycles. The van der Waals surface area contributed by atoms with Crippen LogP contribution >= 0.6 is 0 Å². The molecule has 0 spiro atoms. The van der Waals surface area contributed by atoms with Crippen LogP contribution in [0.25, 0.3) is 0 Å². The van der Waals surface area contributed by atoms with Gasteiger partial charge in [0.15, 0.2) is 0 Å². The van der Waals surface area contributed by atoms with Gasteiger partial charge in [-0.3, -0.25) is 0 Å². The van der Waals surface area contributed by atoms with Crippen molar-refractivity contribution in [3.63, 3.8) is 0 Å². The molecule has 0 radical (unpaired) electrons. The predicted octanol–water partition coefficient (Wildman–Crippen LogP) is 1.67. The molecular formula is C14H31N3O2S. The van der Waals surface area contributed by atoms with E-state index < -0.39 is 10.2 Å². The predicted molar refractivity (Wildman–Crippen MR) is 83.9 cm³/mol. The van der Waals surface area contributed by atoms with Crippen molar-refractivity contribution in [2.75, 3.05) is 33.2 Å². The first-order valence-corrected chi connectivity index (χ1v) is 9.22. The number of nitrogens with one attached hydrogen (secondary N) is 1. The lowest BCUT2D eigenvalue weighted by Gasteiger charge is -2.27. The van der Waals surface area contributed by atoms with Crippen LogP contribution in [-0.4, -0.2) is 56.3 Å². The monoisotopic (exact) mass is 305 g/mol. The first-order valence-electron chi connectivity index (χ1n) is 7.82. The molecule has 120 valence electrons. The number of rotatable bonds is 11. The van der Waals surface area contributed by atoms with E-state index in [2.05, 4.69) is 19.2 Å². The van der Waals surface area contributed by atoms with Crippen molar-refractivity contribution in [3.05, 3.63) is 0 Å². The normalized spacial score (nSPS) is 16.6. The molecule has 6 heteroatoms. The molecule has 0 amide bonds. The van der Waals surface area contributed by atoms with Crippen LogP contribution in [0.1, 0.15) is 46.5 Å². The van der Waals surface area contributed by atoms with Gasteiger partial charge < -0.3 is 5.32 Å². The highest BCUT2D eigenvalue weighted by Crippen LogP contribution is 2.30. The van der Waals surface area contributed by atoms with E-state index in [4.69, 9.17) is 0 Å². The molecular weight excluding hydrogens is 274 g/mol. The maximum Gasteiger partial charge on any atom is 0.281 e. The fourth-order valence-corrected chi connectivity index (χ4v) is 3.71.